The van der Waals surface area contributed by atoms with E-state index in [-0.39, 0.29) is 31.1 Å². The molecule has 2 atom stereocenters. The van der Waals surface area contributed by atoms with Gasteiger partial charge in [-0.1, -0.05) is 207 Å². The zero-order valence-corrected chi connectivity index (χ0v) is 34.6. The molecule has 0 rings (SSSR count). The number of hydrogen-bond donors (Lipinski definition) is 0. The first kappa shape index (κ1) is 49.4. The van der Waals surface area contributed by atoms with Crippen LogP contribution in [0.2, 0.25) is 0 Å². The lowest BCUT2D eigenvalue weighted by Gasteiger charge is -2.18. The Hall–Kier alpha value is -1.59. The molecule has 0 amide bonds. The maximum atomic E-state index is 12.7. The third-order valence-corrected chi connectivity index (χ3v) is 10.4. The highest BCUT2D eigenvalue weighted by molar-refractivity contribution is 5.71. The predicted molar refractivity (Wildman–Crippen MR) is 215 cm³/mol. The van der Waals surface area contributed by atoms with Crippen LogP contribution in [0.4, 0.5) is 0 Å². The Morgan fingerprint density at radius 2 is 0.686 bits per heavy atom. The molecule has 0 N–H and O–H groups in total. The van der Waals surface area contributed by atoms with Crippen LogP contribution in [-0.2, 0) is 28.6 Å². The van der Waals surface area contributed by atoms with Gasteiger partial charge in [-0.05, 0) is 25.2 Å². The molecule has 0 aliphatic rings. The van der Waals surface area contributed by atoms with Gasteiger partial charge in [0.25, 0.3) is 0 Å². The molecule has 0 fully saturated rings. The van der Waals surface area contributed by atoms with E-state index in [0.29, 0.717) is 19.3 Å². The van der Waals surface area contributed by atoms with Gasteiger partial charge in [0, 0.05) is 19.3 Å². The van der Waals surface area contributed by atoms with Crippen molar-refractivity contribution in [2.75, 3.05) is 13.2 Å². The topological polar surface area (TPSA) is 78.9 Å². The zero-order valence-electron chi connectivity index (χ0n) is 34.6. The van der Waals surface area contributed by atoms with Gasteiger partial charge in [0.2, 0.25) is 0 Å². The van der Waals surface area contributed by atoms with Crippen molar-refractivity contribution >= 4 is 17.9 Å². The molecule has 6 heteroatoms. The van der Waals surface area contributed by atoms with Crippen molar-refractivity contribution in [3.8, 4) is 0 Å². The van der Waals surface area contributed by atoms with Gasteiger partial charge in [0.05, 0.1) is 0 Å². The highest BCUT2D eigenvalue weighted by atomic mass is 16.6. The van der Waals surface area contributed by atoms with E-state index in [9.17, 15) is 14.4 Å². The van der Waals surface area contributed by atoms with Crippen LogP contribution in [0.15, 0.2) is 0 Å². The highest BCUT2D eigenvalue weighted by Crippen LogP contribution is 2.17. The summed E-state index contributed by atoms with van der Waals surface area (Å²) >= 11 is 0. The van der Waals surface area contributed by atoms with E-state index in [1.54, 1.807) is 0 Å². The predicted octanol–water partition coefficient (Wildman–Crippen LogP) is 13.9. The molecule has 302 valence electrons. The average Bonchev–Trinajstić information content (AvgIpc) is 3.13. The molecule has 0 aromatic carbocycles. The molecule has 51 heavy (non-hydrogen) atoms. The minimum Gasteiger partial charge on any atom is -0.462 e. The molecule has 0 saturated carbocycles. The van der Waals surface area contributed by atoms with E-state index in [0.717, 1.165) is 70.1 Å². The molecule has 0 heterocycles. The van der Waals surface area contributed by atoms with Crippen LogP contribution in [0, 0.1) is 5.92 Å². The first-order chi connectivity index (χ1) is 24.9. The fourth-order valence-corrected chi connectivity index (χ4v) is 6.59. The molecule has 6 nitrogen and oxygen atoms in total. The lowest BCUT2D eigenvalue weighted by Crippen LogP contribution is -2.30. The molecule has 1 unspecified atom stereocenters. The molecular formula is C45H86O6. The summed E-state index contributed by atoms with van der Waals surface area (Å²) in [4.78, 5) is 37.4. The van der Waals surface area contributed by atoms with Crippen molar-refractivity contribution in [2.24, 2.45) is 5.92 Å². The van der Waals surface area contributed by atoms with Gasteiger partial charge in [0.15, 0.2) is 6.10 Å². The monoisotopic (exact) mass is 723 g/mol. The molecule has 0 aliphatic carbocycles. The molecular weight excluding hydrogens is 636 g/mol. The number of hydrogen-bond acceptors (Lipinski definition) is 6. The Balaban J connectivity index is 4.20. The molecule has 0 aliphatic heterocycles. The fourth-order valence-electron chi connectivity index (χ4n) is 6.59. The summed E-state index contributed by atoms with van der Waals surface area (Å²) in [6, 6.07) is 0. The van der Waals surface area contributed by atoms with E-state index in [1.165, 1.54) is 135 Å². The Morgan fingerprint density at radius 1 is 0.392 bits per heavy atom. The van der Waals surface area contributed by atoms with Gasteiger partial charge in [-0.3, -0.25) is 14.4 Å². The minimum atomic E-state index is -0.757. The SMILES string of the molecule is CCCCCCCCCCCCCCCCC(=O)O[C@@H](COC(=O)CCCCCCC)COC(=O)CCCCCCCCCCCCC(C)CC. The lowest BCUT2D eigenvalue weighted by atomic mass is 9.99. The van der Waals surface area contributed by atoms with E-state index in [4.69, 9.17) is 14.2 Å². The molecule has 0 aromatic rings. The maximum absolute atomic E-state index is 12.7. The third-order valence-electron chi connectivity index (χ3n) is 10.4. The zero-order chi connectivity index (χ0) is 37.5. The van der Waals surface area contributed by atoms with E-state index in [1.807, 2.05) is 0 Å². The van der Waals surface area contributed by atoms with Crippen LogP contribution in [0.1, 0.15) is 246 Å². The summed E-state index contributed by atoms with van der Waals surface area (Å²) in [5.41, 5.74) is 0. The van der Waals surface area contributed by atoms with Gasteiger partial charge in [0.1, 0.15) is 13.2 Å². The summed E-state index contributed by atoms with van der Waals surface area (Å²) < 4.78 is 16.6. The Kier molecular flexibility index (Phi) is 38.4. The van der Waals surface area contributed by atoms with Crippen molar-refractivity contribution in [1.82, 2.24) is 0 Å². The largest absolute Gasteiger partial charge is 0.462 e. The summed E-state index contributed by atoms with van der Waals surface area (Å²) in [6.07, 6.45) is 38.2. The summed E-state index contributed by atoms with van der Waals surface area (Å²) in [5, 5.41) is 0. The normalized spacial score (nSPS) is 12.5. The lowest BCUT2D eigenvalue weighted by molar-refractivity contribution is -0.167. The van der Waals surface area contributed by atoms with E-state index < -0.39 is 6.10 Å². The van der Waals surface area contributed by atoms with Gasteiger partial charge in [-0.15, -0.1) is 0 Å². The van der Waals surface area contributed by atoms with Crippen molar-refractivity contribution in [3.05, 3.63) is 0 Å². The summed E-state index contributed by atoms with van der Waals surface area (Å²) in [5.74, 6) is 0.000928. The Bertz CT molecular complexity index is 768. The second kappa shape index (κ2) is 39.6. The van der Waals surface area contributed by atoms with Crippen LogP contribution < -0.4 is 0 Å². The average molecular weight is 723 g/mol. The molecule has 0 aromatic heterocycles. The second-order valence-corrected chi connectivity index (χ2v) is 15.6. The van der Waals surface area contributed by atoms with Crippen molar-refractivity contribution < 1.29 is 28.6 Å². The minimum absolute atomic E-state index is 0.0650. The third kappa shape index (κ3) is 38.0. The fraction of sp³-hybridized carbons (Fsp3) is 0.933. The number of ether oxygens (including phenoxy) is 3. The standard InChI is InChI=1S/C45H86O6/c1-5-8-10-12-13-14-15-16-17-18-23-26-30-34-38-45(48)51-42(39-49-43(46)36-32-27-11-9-6-2)40-50-44(47)37-33-29-25-22-20-19-21-24-28-31-35-41(4)7-3/h41-42H,5-40H2,1-4H3/t41?,42-/m0/s1. The number of carbonyl (C=O) groups excluding carboxylic acids is 3. The van der Waals surface area contributed by atoms with Gasteiger partial charge in [-0.2, -0.15) is 0 Å². The van der Waals surface area contributed by atoms with Crippen LogP contribution in [0.5, 0.6) is 0 Å². The Morgan fingerprint density at radius 3 is 1.02 bits per heavy atom. The van der Waals surface area contributed by atoms with Gasteiger partial charge >= 0.3 is 17.9 Å². The second-order valence-electron chi connectivity index (χ2n) is 15.6. The summed E-state index contributed by atoms with van der Waals surface area (Å²) in [7, 11) is 0. The molecule has 0 bridgehead atoms. The van der Waals surface area contributed by atoms with E-state index >= 15 is 0 Å². The Labute approximate surface area is 317 Å². The highest BCUT2D eigenvalue weighted by Gasteiger charge is 2.19. The van der Waals surface area contributed by atoms with Gasteiger partial charge < -0.3 is 14.2 Å². The quantitative estimate of drug-likeness (QED) is 0.0356. The van der Waals surface area contributed by atoms with Gasteiger partial charge in [-0.25, -0.2) is 0 Å². The number of rotatable bonds is 40. The molecule has 0 saturated heterocycles. The molecule has 0 spiro atoms. The summed E-state index contributed by atoms with van der Waals surface area (Å²) in [6.45, 7) is 8.94. The molecule has 0 radical (unpaired) electrons. The van der Waals surface area contributed by atoms with Crippen molar-refractivity contribution in [3.63, 3.8) is 0 Å². The smallest absolute Gasteiger partial charge is 0.306 e. The number of carbonyl (C=O) groups is 3. The van der Waals surface area contributed by atoms with Crippen molar-refractivity contribution in [2.45, 2.75) is 252 Å². The van der Waals surface area contributed by atoms with Crippen LogP contribution >= 0.6 is 0 Å². The van der Waals surface area contributed by atoms with E-state index in [2.05, 4.69) is 27.7 Å². The van der Waals surface area contributed by atoms with Crippen LogP contribution in [-0.4, -0.2) is 37.2 Å². The van der Waals surface area contributed by atoms with Crippen molar-refractivity contribution in [1.29, 1.82) is 0 Å². The van der Waals surface area contributed by atoms with Crippen LogP contribution in [0.3, 0.4) is 0 Å². The number of esters is 3. The first-order valence-electron chi connectivity index (χ1n) is 22.4. The number of unbranched alkanes of at least 4 members (excludes halogenated alkanes) is 26. The van der Waals surface area contributed by atoms with Crippen LogP contribution in [0.25, 0.3) is 0 Å². The first-order valence-corrected chi connectivity index (χ1v) is 22.4. The maximum Gasteiger partial charge on any atom is 0.306 e.